The van der Waals surface area contributed by atoms with Gasteiger partial charge in [-0.05, 0) is 25.0 Å². The normalized spacial score (nSPS) is 15.8. The minimum atomic E-state index is -3.39. The summed E-state index contributed by atoms with van der Waals surface area (Å²) in [5, 5.41) is 0. The molecule has 0 saturated heterocycles. The Balaban J connectivity index is 2.81. The molecule has 6 heteroatoms. The second kappa shape index (κ2) is 5.95. The van der Waals surface area contributed by atoms with Crippen LogP contribution in [0.15, 0.2) is 16.3 Å². The van der Waals surface area contributed by atoms with Gasteiger partial charge in [-0.2, -0.15) is 0 Å². The molecule has 0 saturated carbocycles. The fraction of sp³-hybridized carbons (Fsp3) is 0.636. The van der Waals surface area contributed by atoms with E-state index in [-0.39, 0.29) is 6.04 Å². The number of rotatable bonds is 6. The van der Waals surface area contributed by atoms with Crippen molar-refractivity contribution in [1.82, 2.24) is 4.72 Å². The van der Waals surface area contributed by atoms with Gasteiger partial charge in [-0.1, -0.05) is 20.3 Å². The summed E-state index contributed by atoms with van der Waals surface area (Å²) in [5.74, 6) is 0.318. The monoisotopic (exact) mass is 276 g/mol. The maximum atomic E-state index is 12.1. The van der Waals surface area contributed by atoms with E-state index in [1.165, 1.54) is 11.3 Å². The van der Waals surface area contributed by atoms with Gasteiger partial charge in [0.1, 0.15) is 4.21 Å². The average molecular weight is 276 g/mol. The molecule has 1 aromatic rings. The van der Waals surface area contributed by atoms with Crippen molar-refractivity contribution in [3.63, 3.8) is 0 Å². The standard InChI is InChI=1S/C11H20N2O2S2/c1-4-8(2)9(3)13-17(14,15)11-6-5-10(7-12)16-11/h5-6,8-9,13H,4,7,12H2,1-3H3. The first-order chi connectivity index (χ1) is 7.90. The highest BCUT2D eigenvalue weighted by molar-refractivity contribution is 7.91. The molecular weight excluding hydrogens is 256 g/mol. The molecule has 0 bridgehead atoms. The maximum absolute atomic E-state index is 12.1. The van der Waals surface area contributed by atoms with E-state index in [9.17, 15) is 8.42 Å². The number of hydrogen-bond acceptors (Lipinski definition) is 4. The molecule has 0 amide bonds. The first kappa shape index (κ1) is 14.6. The van der Waals surface area contributed by atoms with Gasteiger partial charge in [0.05, 0.1) is 0 Å². The summed E-state index contributed by atoms with van der Waals surface area (Å²) in [6.45, 7) is 6.35. The molecule has 0 aliphatic rings. The van der Waals surface area contributed by atoms with Crippen LogP contribution in [-0.2, 0) is 16.6 Å². The van der Waals surface area contributed by atoms with Gasteiger partial charge in [-0.15, -0.1) is 11.3 Å². The summed E-state index contributed by atoms with van der Waals surface area (Å²) in [5.41, 5.74) is 5.47. The van der Waals surface area contributed by atoms with Crippen molar-refractivity contribution < 1.29 is 8.42 Å². The largest absolute Gasteiger partial charge is 0.326 e. The van der Waals surface area contributed by atoms with Gasteiger partial charge in [0.15, 0.2) is 0 Å². The summed E-state index contributed by atoms with van der Waals surface area (Å²) in [7, 11) is -3.39. The average Bonchev–Trinajstić information content (AvgIpc) is 2.76. The lowest BCUT2D eigenvalue weighted by atomic mass is 10.0. The van der Waals surface area contributed by atoms with Gasteiger partial charge < -0.3 is 5.73 Å². The Morgan fingerprint density at radius 1 is 1.41 bits per heavy atom. The molecule has 2 unspecified atom stereocenters. The summed E-state index contributed by atoms with van der Waals surface area (Å²) in [4.78, 5) is 0.876. The lowest BCUT2D eigenvalue weighted by Crippen LogP contribution is -2.36. The molecule has 0 aliphatic carbocycles. The highest BCUT2D eigenvalue weighted by Crippen LogP contribution is 2.22. The molecule has 1 rings (SSSR count). The molecule has 1 aromatic heterocycles. The summed E-state index contributed by atoms with van der Waals surface area (Å²) in [6, 6.07) is 3.31. The Morgan fingerprint density at radius 2 is 2.06 bits per heavy atom. The summed E-state index contributed by atoms with van der Waals surface area (Å²) < 4.78 is 27.1. The van der Waals surface area contributed by atoms with E-state index in [4.69, 9.17) is 5.73 Å². The Bertz CT molecular complexity index is 454. The molecule has 3 N–H and O–H groups in total. The number of nitrogens with two attached hydrogens (primary N) is 1. The zero-order chi connectivity index (χ0) is 13.1. The second-order valence-corrected chi connectivity index (χ2v) is 7.33. The lowest BCUT2D eigenvalue weighted by molar-refractivity contribution is 0.434. The van der Waals surface area contributed by atoms with Crippen molar-refractivity contribution in [1.29, 1.82) is 0 Å². The minimum absolute atomic E-state index is 0.0616. The van der Waals surface area contributed by atoms with E-state index in [0.29, 0.717) is 16.7 Å². The quantitative estimate of drug-likeness (QED) is 0.834. The Hall–Kier alpha value is -0.430. The van der Waals surface area contributed by atoms with Gasteiger partial charge in [-0.25, -0.2) is 13.1 Å². The van der Waals surface area contributed by atoms with Gasteiger partial charge in [-0.3, -0.25) is 0 Å². The molecule has 0 fully saturated rings. The van der Waals surface area contributed by atoms with Crippen LogP contribution in [0.2, 0.25) is 0 Å². The van der Waals surface area contributed by atoms with Crippen molar-refractivity contribution >= 4 is 21.4 Å². The van der Waals surface area contributed by atoms with Gasteiger partial charge >= 0.3 is 0 Å². The molecule has 0 aliphatic heterocycles. The van der Waals surface area contributed by atoms with E-state index in [1.807, 2.05) is 20.8 Å². The molecular formula is C11H20N2O2S2. The van der Waals surface area contributed by atoms with E-state index >= 15 is 0 Å². The van der Waals surface area contributed by atoms with Crippen molar-refractivity contribution in [2.45, 2.75) is 44.0 Å². The van der Waals surface area contributed by atoms with Crippen LogP contribution in [0, 0.1) is 5.92 Å². The Labute approximate surface area is 107 Å². The van der Waals surface area contributed by atoms with Crippen LogP contribution in [0.3, 0.4) is 0 Å². The topological polar surface area (TPSA) is 72.2 Å². The molecule has 1 heterocycles. The van der Waals surface area contributed by atoms with Gasteiger partial charge in [0, 0.05) is 17.5 Å². The van der Waals surface area contributed by atoms with E-state index in [2.05, 4.69) is 4.72 Å². The highest BCUT2D eigenvalue weighted by atomic mass is 32.2. The van der Waals surface area contributed by atoms with Crippen molar-refractivity contribution in [2.75, 3.05) is 0 Å². The van der Waals surface area contributed by atoms with Gasteiger partial charge in [0.2, 0.25) is 10.0 Å². The van der Waals surface area contributed by atoms with E-state index in [1.54, 1.807) is 12.1 Å². The van der Waals surface area contributed by atoms with Gasteiger partial charge in [0.25, 0.3) is 0 Å². The van der Waals surface area contributed by atoms with Crippen molar-refractivity contribution in [3.8, 4) is 0 Å². The molecule has 0 spiro atoms. The molecule has 0 aromatic carbocycles. The first-order valence-corrected chi connectivity index (χ1v) is 8.01. The maximum Gasteiger partial charge on any atom is 0.250 e. The number of sulfonamides is 1. The van der Waals surface area contributed by atoms with E-state index in [0.717, 1.165) is 11.3 Å². The highest BCUT2D eigenvalue weighted by Gasteiger charge is 2.21. The molecule has 0 radical (unpaired) electrons. The smallest absolute Gasteiger partial charge is 0.250 e. The van der Waals surface area contributed by atoms with Crippen LogP contribution in [0.25, 0.3) is 0 Å². The predicted octanol–water partition coefficient (Wildman–Crippen LogP) is 1.92. The third-order valence-corrected chi connectivity index (χ3v) is 6.10. The van der Waals surface area contributed by atoms with Crippen molar-refractivity contribution in [3.05, 3.63) is 17.0 Å². The Kier molecular flexibility index (Phi) is 5.12. The fourth-order valence-corrected chi connectivity index (χ4v) is 3.99. The third kappa shape index (κ3) is 3.77. The zero-order valence-electron chi connectivity index (χ0n) is 10.4. The van der Waals surface area contributed by atoms with Crippen LogP contribution in [-0.4, -0.2) is 14.5 Å². The van der Waals surface area contributed by atoms with Crippen molar-refractivity contribution in [2.24, 2.45) is 11.7 Å². The number of hydrogen-bond donors (Lipinski definition) is 2. The van der Waals surface area contributed by atoms with Crippen LogP contribution in [0.1, 0.15) is 32.1 Å². The third-order valence-electron chi connectivity index (χ3n) is 2.94. The number of nitrogens with one attached hydrogen (secondary N) is 1. The lowest BCUT2D eigenvalue weighted by Gasteiger charge is -2.19. The van der Waals surface area contributed by atoms with E-state index < -0.39 is 10.0 Å². The van der Waals surface area contributed by atoms with Crippen LogP contribution < -0.4 is 10.5 Å². The molecule has 98 valence electrons. The van der Waals surface area contributed by atoms with Crippen LogP contribution in [0.4, 0.5) is 0 Å². The zero-order valence-corrected chi connectivity index (χ0v) is 12.1. The summed E-state index contributed by atoms with van der Waals surface area (Å²) in [6.07, 6.45) is 0.947. The van der Waals surface area contributed by atoms with Crippen LogP contribution >= 0.6 is 11.3 Å². The molecule has 2 atom stereocenters. The number of thiophene rings is 1. The Morgan fingerprint density at radius 3 is 2.53 bits per heavy atom. The molecule has 17 heavy (non-hydrogen) atoms. The minimum Gasteiger partial charge on any atom is -0.326 e. The second-order valence-electron chi connectivity index (χ2n) is 4.22. The predicted molar refractivity (Wildman–Crippen MR) is 71.4 cm³/mol. The van der Waals surface area contributed by atoms with Crippen LogP contribution in [0.5, 0.6) is 0 Å². The molecule has 4 nitrogen and oxygen atoms in total. The fourth-order valence-electron chi connectivity index (χ4n) is 1.38. The first-order valence-electron chi connectivity index (χ1n) is 5.71. The SMILES string of the molecule is CCC(C)C(C)NS(=O)(=O)c1ccc(CN)s1. The summed E-state index contributed by atoms with van der Waals surface area (Å²) >= 11 is 1.23.